The fraction of sp³-hybridized carbons (Fsp3) is 0.609. The lowest BCUT2D eigenvalue weighted by Gasteiger charge is -2.33. The van der Waals surface area contributed by atoms with Crippen LogP contribution in [0.2, 0.25) is 0 Å². The maximum atomic E-state index is 6.27. The smallest absolute Gasteiger partial charge is 0.229 e. The van der Waals surface area contributed by atoms with Gasteiger partial charge in [0.05, 0.1) is 23.3 Å². The van der Waals surface area contributed by atoms with E-state index in [9.17, 15) is 0 Å². The molecule has 0 bridgehead atoms. The maximum Gasteiger partial charge on any atom is 0.229 e. The summed E-state index contributed by atoms with van der Waals surface area (Å²) in [6.07, 6.45) is 4.36. The van der Waals surface area contributed by atoms with Crippen molar-refractivity contribution in [3.05, 3.63) is 23.1 Å². The Morgan fingerprint density at radius 1 is 1.20 bits per heavy atom. The van der Waals surface area contributed by atoms with Crippen LogP contribution in [0.15, 0.2) is 10.7 Å². The number of nitrogens with one attached hydrogen (secondary N) is 1. The minimum atomic E-state index is -0.222. The highest BCUT2D eigenvalue weighted by molar-refractivity contribution is 6.06. The van der Waals surface area contributed by atoms with Crippen LogP contribution in [0.4, 0.5) is 5.82 Å². The highest BCUT2D eigenvalue weighted by atomic mass is 16.5. The number of pyridine rings is 1. The van der Waals surface area contributed by atoms with Crippen LogP contribution in [0.5, 0.6) is 0 Å². The van der Waals surface area contributed by atoms with Gasteiger partial charge in [-0.1, -0.05) is 13.8 Å². The van der Waals surface area contributed by atoms with Gasteiger partial charge in [-0.25, -0.2) is 15.0 Å². The summed E-state index contributed by atoms with van der Waals surface area (Å²) in [6.45, 7) is 11.1. The number of aromatic nitrogens is 3. The molecule has 1 aliphatic heterocycles. The van der Waals surface area contributed by atoms with E-state index in [0.717, 1.165) is 54.8 Å². The first-order valence-corrected chi connectivity index (χ1v) is 10.9. The maximum absolute atomic E-state index is 6.27. The predicted octanol–water partition coefficient (Wildman–Crippen LogP) is 4.18. The molecule has 3 aromatic heterocycles. The Hall–Kier alpha value is -2.25. The molecule has 7 nitrogen and oxygen atoms in total. The first-order valence-electron chi connectivity index (χ1n) is 10.9. The Bertz CT molecular complexity index is 1050. The summed E-state index contributed by atoms with van der Waals surface area (Å²) in [5.41, 5.74) is 5.52. The van der Waals surface area contributed by atoms with E-state index in [2.05, 4.69) is 62.0 Å². The van der Waals surface area contributed by atoms with Gasteiger partial charge < -0.3 is 19.4 Å². The van der Waals surface area contributed by atoms with E-state index in [-0.39, 0.29) is 5.60 Å². The van der Waals surface area contributed by atoms with Crippen molar-refractivity contribution < 1.29 is 9.15 Å². The van der Waals surface area contributed by atoms with Crippen LogP contribution in [0, 0.1) is 5.92 Å². The van der Waals surface area contributed by atoms with Crippen molar-refractivity contribution in [1.29, 1.82) is 0 Å². The van der Waals surface area contributed by atoms with Gasteiger partial charge in [-0.2, -0.15) is 0 Å². The van der Waals surface area contributed by atoms with Crippen molar-refractivity contribution in [3.8, 4) is 0 Å². The van der Waals surface area contributed by atoms with Crippen LogP contribution in [0.3, 0.4) is 0 Å². The Labute approximate surface area is 178 Å². The van der Waals surface area contributed by atoms with Crippen molar-refractivity contribution in [2.75, 3.05) is 32.5 Å². The standard InChI is InChI=1S/C23H33N5O2/c1-14(2)10-17-16-12-29-23(3,4)11-15(16)18-19-20(30-22(18)27-17)21(26-13-25-19)24-8-7-9-28(5)6/h13-14H,7-12H2,1-6H3,(H,24,25,26). The van der Waals surface area contributed by atoms with Crippen LogP contribution in [-0.4, -0.2) is 52.6 Å². The second kappa shape index (κ2) is 8.12. The molecule has 0 spiro atoms. The van der Waals surface area contributed by atoms with Crippen LogP contribution < -0.4 is 5.32 Å². The molecule has 162 valence electrons. The number of rotatable bonds is 7. The molecule has 0 fully saturated rings. The second-order valence-electron chi connectivity index (χ2n) is 9.60. The molecule has 0 unspecified atom stereocenters. The molecule has 0 atom stereocenters. The minimum absolute atomic E-state index is 0.222. The fourth-order valence-electron chi connectivity index (χ4n) is 4.16. The topological polar surface area (TPSA) is 76.3 Å². The zero-order valence-corrected chi connectivity index (χ0v) is 19.0. The Kier molecular flexibility index (Phi) is 5.68. The second-order valence-corrected chi connectivity index (χ2v) is 9.60. The lowest BCUT2D eigenvalue weighted by Crippen LogP contribution is -2.33. The average Bonchev–Trinajstić information content (AvgIpc) is 3.03. The van der Waals surface area contributed by atoms with Gasteiger partial charge in [0.15, 0.2) is 11.4 Å². The zero-order valence-electron chi connectivity index (χ0n) is 19.0. The molecule has 0 amide bonds. The first-order chi connectivity index (χ1) is 14.2. The molecule has 0 saturated heterocycles. The first kappa shape index (κ1) is 21.0. The number of furan rings is 1. The quantitative estimate of drug-likeness (QED) is 0.584. The van der Waals surface area contributed by atoms with Crippen molar-refractivity contribution in [1.82, 2.24) is 19.9 Å². The number of fused-ring (bicyclic) bond motifs is 5. The molecule has 0 aromatic carbocycles. The fourth-order valence-corrected chi connectivity index (χ4v) is 4.16. The van der Waals surface area contributed by atoms with Gasteiger partial charge >= 0.3 is 0 Å². The highest BCUT2D eigenvalue weighted by Crippen LogP contribution is 2.39. The largest absolute Gasteiger partial charge is 0.432 e. The number of ether oxygens (including phenoxy) is 1. The summed E-state index contributed by atoms with van der Waals surface area (Å²) in [6, 6.07) is 0. The van der Waals surface area contributed by atoms with E-state index < -0.39 is 0 Å². The van der Waals surface area contributed by atoms with Crippen molar-refractivity contribution in [2.24, 2.45) is 5.92 Å². The summed E-state index contributed by atoms with van der Waals surface area (Å²) in [5.74, 6) is 1.24. The summed E-state index contributed by atoms with van der Waals surface area (Å²) >= 11 is 0. The Morgan fingerprint density at radius 2 is 2.00 bits per heavy atom. The summed E-state index contributed by atoms with van der Waals surface area (Å²) in [7, 11) is 4.16. The van der Waals surface area contributed by atoms with E-state index in [1.165, 1.54) is 11.1 Å². The molecule has 0 saturated carbocycles. The third-order valence-corrected chi connectivity index (χ3v) is 5.59. The number of hydrogen-bond acceptors (Lipinski definition) is 7. The zero-order chi connectivity index (χ0) is 21.5. The van der Waals surface area contributed by atoms with E-state index in [0.29, 0.717) is 23.8 Å². The third-order valence-electron chi connectivity index (χ3n) is 5.59. The van der Waals surface area contributed by atoms with E-state index >= 15 is 0 Å². The SMILES string of the molecule is CC(C)Cc1nc2oc3c(NCCCN(C)C)ncnc3c2c2c1COC(C)(C)C2. The molecule has 7 heteroatoms. The lowest BCUT2D eigenvalue weighted by atomic mass is 9.88. The van der Waals surface area contributed by atoms with E-state index in [1.807, 2.05) is 0 Å². The Balaban J connectivity index is 1.82. The minimum Gasteiger partial charge on any atom is -0.432 e. The van der Waals surface area contributed by atoms with Gasteiger partial charge in [-0.3, -0.25) is 0 Å². The van der Waals surface area contributed by atoms with Crippen LogP contribution in [-0.2, 0) is 24.2 Å². The molecular weight excluding hydrogens is 378 g/mol. The summed E-state index contributed by atoms with van der Waals surface area (Å²) < 4.78 is 12.4. The van der Waals surface area contributed by atoms with Crippen LogP contribution in [0.1, 0.15) is 50.9 Å². The molecule has 0 aliphatic carbocycles. The lowest BCUT2D eigenvalue weighted by molar-refractivity contribution is -0.0402. The molecule has 3 aromatic rings. The van der Waals surface area contributed by atoms with Crippen molar-refractivity contribution in [2.45, 2.75) is 59.2 Å². The normalized spacial score (nSPS) is 16.0. The number of nitrogens with zero attached hydrogens (tertiary/aromatic N) is 4. The third kappa shape index (κ3) is 4.14. The van der Waals surface area contributed by atoms with Crippen molar-refractivity contribution in [3.63, 3.8) is 0 Å². The van der Waals surface area contributed by atoms with Gasteiger partial charge in [0.1, 0.15) is 11.8 Å². The van der Waals surface area contributed by atoms with Gasteiger partial charge in [0, 0.05) is 18.5 Å². The monoisotopic (exact) mass is 411 g/mol. The highest BCUT2D eigenvalue weighted by Gasteiger charge is 2.32. The number of anilines is 1. The van der Waals surface area contributed by atoms with Crippen LogP contribution >= 0.6 is 0 Å². The summed E-state index contributed by atoms with van der Waals surface area (Å²) in [5, 5.41) is 4.44. The number of hydrogen-bond donors (Lipinski definition) is 1. The molecule has 4 heterocycles. The van der Waals surface area contributed by atoms with Gasteiger partial charge in [0.25, 0.3) is 0 Å². The molecule has 4 rings (SSSR count). The summed E-state index contributed by atoms with van der Waals surface area (Å²) in [4.78, 5) is 16.1. The molecule has 30 heavy (non-hydrogen) atoms. The van der Waals surface area contributed by atoms with Gasteiger partial charge in [-0.05, 0) is 58.8 Å². The molecule has 0 radical (unpaired) electrons. The average molecular weight is 412 g/mol. The van der Waals surface area contributed by atoms with Crippen molar-refractivity contribution >= 4 is 28.0 Å². The molecule has 1 N–H and O–H groups in total. The van der Waals surface area contributed by atoms with Crippen LogP contribution in [0.25, 0.3) is 22.2 Å². The van der Waals surface area contributed by atoms with E-state index in [1.54, 1.807) is 6.33 Å². The van der Waals surface area contributed by atoms with Gasteiger partial charge in [-0.15, -0.1) is 0 Å². The molecule has 1 aliphatic rings. The molecular formula is C23H33N5O2. The Morgan fingerprint density at radius 3 is 2.73 bits per heavy atom. The predicted molar refractivity (Wildman–Crippen MR) is 120 cm³/mol. The van der Waals surface area contributed by atoms with E-state index in [4.69, 9.17) is 14.1 Å². The van der Waals surface area contributed by atoms with Gasteiger partial charge in [0.2, 0.25) is 5.71 Å².